The van der Waals surface area contributed by atoms with Gasteiger partial charge in [-0.25, -0.2) is 9.37 Å². The van der Waals surface area contributed by atoms with Gasteiger partial charge < -0.3 is 14.9 Å². The van der Waals surface area contributed by atoms with E-state index in [0.29, 0.717) is 5.52 Å². The third-order valence-corrected chi connectivity index (χ3v) is 5.87. The van der Waals surface area contributed by atoms with Gasteiger partial charge in [-0.15, -0.1) is 0 Å². The summed E-state index contributed by atoms with van der Waals surface area (Å²) in [6.45, 7) is 5.05. The van der Waals surface area contributed by atoms with Gasteiger partial charge in [0.1, 0.15) is 11.3 Å². The summed E-state index contributed by atoms with van der Waals surface area (Å²) < 4.78 is 16.1. The van der Waals surface area contributed by atoms with E-state index < -0.39 is 0 Å². The van der Waals surface area contributed by atoms with Gasteiger partial charge in [0.05, 0.1) is 22.4 Å². The molecule has 0 saturated carbocycles. The van der Waals surface area contributed by atoms with Gasteiger partial charge in [0.15, 0.2) is 5.82 Å². The van der Waals surface area contributed by atoms with Crippen LogP contribution in [0.3, 0.4) is 0 Å². The molecule has 3 aromatic heterocycles. The number of pyridine rings is 1. The maximum absolute atomic E-state index is 13.8. The fraction of sp³-hybridized carbons (Fsp3) is 0.364. The zero-order chi connectivity index (χ0) is 19.1. The number of rotatable bonds is 4. The number of H-pyrrole nitrogens is 1. The van der Waals surface area contributed by atoms with Gasteiger partial charge in [0.25, 0.3) is 0 Å². The standard InChI is InChI=1S/C22H24FN5/c1-14-20-21(17-5-4-16(23)13-19(17)26-14)28(12-8-15-6-10-24-11-7-15)22(27-20)18-3-2-9-25-18/h2-5,9,13,15,24-25H,6-8,10-12H2,1H3. The highest BCUT2D eigenvalue weighted by molar-refractivity contribution is 6.04. The van der Waals surface area contributed by atoms with E-state index in [1.54, 1.807) is 0 Å². The van der Waals surface area contributed by atoms with Crippen molar-refractivity contribution in [3.05, 3.63) is 48.0 Å². The highest BCUT2D eigenvalue weighted by Crippen LogP contribution is 2.32. The minimum absolute atomic E-state index is 0.260. The first-order valence-electron chi connectivity index (χ1n) is 10.0. The number of aromatic nitrogens is 4. The molecule has 1 aliphatic rings. The van der Waals surface area contributed by atoms with Crippen molar-refractivity contribution < 1.29 is 4.39 Å². The molecule has 144 valence electrons. The second-order valence-corrected chi connectivity index (χ2v) is 7.71. The average molecular weight is 377 g/mol. The van der Waals surface area contributed by atoms with E-state index in [2.05, 4.69) is 19.9 Å². The first-order valence-corrected chi connectivity index (χ1v) is 10.0. The summed E-state index contributed by atoms with van der Waals surface area (Å²) in [6.07, 6.45) is 5.48. The van der Waals surface area contributed by atoms with Crippen molar-refractivity contribution in [2.45, 2.75) is 32.7 Å². The number of halogens is 1. The molecule has 0 amide bonds. The summed E-state index contributed by atoms with van der Waals surface area (Å²) in [5, 5.41) is 4.40. The number of nitrogens with zero attached hydrogens (tertiary/aromatic N) is 3. The van der Waals surface area contributed by atoms with Crippen molar-refractivity contribution in [2.24, 2.45) is 5.92 Å². The van der Waals surface area contributed by atoms with Gasteiger partial charge >= 0.3 is 0 Å². The van der Waals surface area contributed by atoms with E-state index in [1.807, 2.05) is 31.3 Å². The largest absolute Gasteiger partial charge is 0.359 e. The Bertz CT molecular complexity index is 1120. The molecular weight excluding hydrogens is 353 g/mol. The normalized spacial score (nSPS) is 15.6. The number of hydrogen-bond donors (Lipinski definition) is 2. The molecule has 28 heavy (non-hydrogen) atoms. The van der Waals surface area contributed by atoms with Crippen molar-refractivity contribution in [1.29, 1.82) is 0 Å². The van der Waals surface area contributed by atoms with Crippen molar-refractivity contribution >= 4 is 21.9 Å². The minimum atomic E-state index is -0.260. The molecule has 0 radical (unpaired) electrons. The molecule has 4 aromatic rings. The topological polar surface area (TPSA) is 58.5 Å². The fourth-order valence-corrected chi connectivity index (χ4v) is 4.38. The van der Waals surface area contributed by atoms with Crippen molar-refractivity contribution in [3.8, 4) is 11.5 Å². The lowest BCUT2D eigenvalue weighted by Gasteiger charge is -2.23. The Morgan fingerprint density at radius 1 is 1.18 bits per heavy atom. The number of aryl methyl sites for hydroxylation is 2. The summed E-state index contributed by atoms with van der Waals surface area (Å²) in [5.41, 5.74) is 4.47. The Balaban J connectivity index is 1.69. The number of fused-ring (bicyclic) bond motifs is 3. The molecule has 1 fully saturated rings. The lowest BCUT2D eigenvalue weighted by molar-refractivity contribution is 0.340. The van der Waals surface area contributed by atoms with E-state index >= 15 is 0 Å². The van der Waals surface area contributed by atoms with Crippen molar-refractivity contribution in [1.82, 2.24) is 24.8 Å². The lowest BCUT2D eigenvalue weighted by Crippen LogP contribution is -2.28. The lowest BCUT2D eigenvalue weighted by atomic mass is 9.94. The van der Waals surface area contributed by atoms with Gasteiger partial charge in [-0.3, -0.25) is 4.98 Å². The molecule has 4 heterocycles. The van der Waals surface area contributed by atoms with E-state index in [-0.39, 0.29) is 5.82 Å². The second-order valence-electron chi connectivity index (χ2n) is 7.71. The van der Waals surface area contributed by atoms with Crippen LogP contribution in [-0.2, 0) is 6.54 Å². The number of imidazole rings is 1. The van der Waals surface area contributed by atoms with Crippen molar-refractivity contribution in [2.75, 3.05) is 13.1 Å². The molecule has 5 nitrogen and oxygen atoms in total. The quantitative estimate of drug-likeness (QED) is 0.554. The molecule has 0 atom stereocenters. The Hall–Kier alpha value is -2.73. The number of piperidine rings is 1. The Kier molecular flexibility index (Phi) is 4.36. The zero-order valence-corrected chi connectivity index (χ0v) is 16.0. The molecule has 0 unspecified atom stereocenters. The molecule has 0 aliphatic carbocycles. The first kappa shape index (κ1) is 17.4. The fourth-order valence-electron chi connectivity index (χ4n) is 4.38. The molecule has 1 aliphatic heterocycles. The summed E-state index contributed by atoms with van der Waals surface area (Å²) in [4.78, 5) is 12.9. The third kappa shape index (κ3) is 2.98. The van der Waals surface area contributed by atoms with Crippen LogP contribution >= 0.6 is 0 Å². The predicted octanol–water partition coefficient (Wildman–Crippen LogP) is 4.42. The number of aromatic amines is 1. The van der Waals surface area contributed by atoms with Gasteiger partial charge in [0.2, 0.25) is 0 Å². The number of benzene rings is 1. The van der Waals surface area contributed by atoms with Crippen LogP contribution in [0.25, 0.3) is 33.5 Å². The maximum Gasteiger partial charge on any atom is 0.157 e. The van der Waals surface area contributed by atoms with E-state index in [0.717, 1.165) is 65.6 Å². The molecule has 2 N–H and O–H groups in total. The van der Waals surface area contributed by atoms with Crippen LogP contribution < -0.4 is 5.32 Å². The Morgan fingerprint density at radius 3 is 2.82 bits per heavy atom. The molecule has 0 spiro atoms. The third-order valence-electron chi connectivity index (χ3n) is 5.87. The van der Waals surface area contributed by atoms with Crippen LogP contribution in [0, 0.1) is 18.7 Å². The molecule has 6 heteroatoms. The van der Waals surface area contributed by atoms with Gasteiger partial charge in [-0.05, 0) is 69.5 Å². The van der Waals surface area contributed by atoms with Crippen molar-refractivity contribution in [3.63, 3.8) is 0 Å². The maximum atomic E-state index is 13.8. The van der Waals surface area contributed by atoms with Crippen LogP contribution in [0.15, 0.2) is 36.5 Å². The first-order chi connectivity index (χ1) is 13.7. The van der Waals surface area contributed by atoms with E-state index in [1.165, 1.54) is 25.0 Å². The monoisotopic (exact) mass is 377 g/mol. The van der Waals surface area contributed by atoms with Gasteiger partial charge in [0, 0.05) is 24.2 Å². The molecule has 0 bridgehead atoms. The molecule has 5 rings (SSSR count). The van der Waals surface area contributed by atoms with Crippen LogP contribution in [0.2, 0.25) is 0 Å². The summed E-state index contributed by atoms with van der Waals surface area (Å²) >= 11 is 0. The van der Waals surface area contributed by atoms with E-state index in [4.69, 9.17) is 4.98 Å². The zero-order valence-electron chi connectivity index (χ0n) is 16.0. The highest BCUT2D eigenvalue weighted by atomic mass is 19.1. The van der Waals surface area contributed by atoms with Gasteiger partial charge in [-0.2, -0.15) is 0 Å². The molecule has 1 saturated heterocycles. The summed E-state index contributed by atoms with van der Waals surface area (Å²) in [6, 6.07) is 8.90. The SMILES string of the molecule is Cc1nc2cc(F)ccc2c2c1nc(-c1ccc[nH]1)n2CCC1CCNCC1. The second kappa shape index (κ2) is 7.02. The number of hydrogen-bond acceptors (Lipinski definition) is 3. The number of nitrogens with one attached hydrogen (secondary N) is 2. The Morgan fingerprint density at radius 2 is 2.04 bits per heavy atom. The van der Waals surface area contributed by atoms with Crippen LogP contribution in [0.5, 0.6) is 0 Å². The predicted molar refractivity (Wildman–Crippen MR) is 110 cm³/mol. The molecular formula is C22H24FN5. The summed E-state index contributed by atoms with van der Waals surface area (Å²) in [5.74, 6) is 1.39. The van der Waals surface area contributed by atoms with Crippen LogP contribution in [-0.4, -0.2) is 32.6 Å². The van der Waals surface area contributed by atoms with E-state index in [9.17, 15) is 4.39 Å². The summed E-state index contributed by atoms with van der Waals surface area (Å²) in [7, 11) is 0. The van der Waals surface area contributed by atoms with Gasteiger partial charge in [-0.1, -0.05) is 0 Å². The molecule has 1 aromatic carbocycles. The van der Waals surface area contributed by atoms with Crippen LogP contribution in [0.4, 0.5) is 4.39 Å². The minimum Gasteiger partial charge on any atom is -0.359 e. The van der Waals surface area contributed by atoms with Crippen LogP contribution in [0.1, 0.15) is 25.0 Å². The highest BCUT2D eigenvalue weighted by Gasteiger charge is 2.20. The smallest absolute Gasteiger partial charge is 0.157 e. The Labute approximate surface area is 163 Å². The average Bonchev–Trinajstić information content (AvgIpc) is 3.35.